The van der Waals surface area contributed by atoms with Gasteiger partial charge in [-0.1, -0.05) is 40.8 Å². The van der Waals surface area contributed by atoms with Gasteiger partial charge in [-0.15, -0.1) is 0 Å². The number of para-hydroxylation sites is 2. The molecule has 0 bridgehead atoms. The molecule has 25 heavy (non-hydrogen) atoms. The Kier molecular flexibility index (Phi) is 4.19. The van der Waals surface area contributed by atoms with Crippen molar-refractivity contribution in [2.75, 3.05) is 0 Å². The summed E-state index contributed by atoms with van der Waals surface area (Å²) in [6.45, 7) is 4.43. The molecule has 0 saturated carbocycles. The summed E-state index contributed by atoms with van der Waals surface area (Å²) in [7, 11) is 0. The molecule has 2 heterocycles. The van der Waals surface area contributed by atoms with Gasteiger partial charge < -0.3 is 4.98 Å². The fourth-order valence-electron chi connectivity index (χ4n) is 2.91. The molecule has 0 aliphatic rings. The van der Waals surface area contributed by atoms with Crippen LogP contribution in [0.3, 0.4) is 0 Å². The number of nitrogens with one attached hydrogen (secondary N) is 1. The second-order valence-corrected chi connectivity index (χ2v) is 9.43. The van der Waals surface area contributed by atoms with Crippen molar-refractivity contribution >= 4 is 44.7 Å². The van der Waals surface area contributed by atoms with E-state index in [4.69, 9.17) is 4.98 Å². The van der Waals surface area contributed by atoms with Gasteiger partial charge in [0.25, 0.3) is 0 Å². The van der Waals surface area contributed by atoms with E-state index in [1.165, 1.54) is 5.56 Å². The Morgan fingerprint density at radius 3 is 2.56 bits per heavy atom. The van der Waals surface area contributed by atoms with Gasteiger partial charge in [-0.25, -0.2) is 9.97 Å². The lowest BCUT2D eigenvalue weighted by Gasteiger charge is -2.16. The molecule has 0 amide bonds. The zero-order valence-corrected chi connectivity index (χ0v) is 16.4. The van der Waals surface area contributed by atoms with Crippen molar-refractivity contribution in [2.24, 2.45) is 0 Å². The van der Waals surface area contributed by atoms with Crippen LogP contribution in [0.15, 0.2) is 48.7 Å². The first-order valence-electron chi connectivity index (χ1n) is 8.38. The standard InChI is InChI=1S/C20H19IN4/c1-20(2,21)13-7-9-17-18(11-13)25-19(24-17)10-8-14-12-22-15-5-3-4-6-16(15)23-14/h3-7,9,11-12H,8,10H2,1-2H3,(H,24,25). The monoisotopic (exact) mass is 442 g/mol. The minimum Gasteiger partial charge on any atom is -0.342 e. The molecule has 0 aliphatic heterocycles. The van der Waals surface area contributed by atoms with Crippen molar-refractivity contribution in [1.29, 1.82) is 0 Å². The molecule has 2 aromatic carbocycles. The van der Waals surface area contributed by atoms with Crippen LogP contribution >= 0.6 is 22.6 Å². The molecule has 2 aromatic heterocycles. The maximum Gasteiger partial charge on any atom is 0.107 e. The normalized spacial score (nSPS) is 12.1. The summed E-state index contributed by atoms with van der Waals surface area (Å²) in [5.74, 6) is 0.994. The zero-order chi connectivity index (χ0) is 17.4. The fourth-order valence-corrected chi connectivity index (χ4v) is 3.25. The number of nitrogens with zero attached hydrogens (tertiary/aromatic N) is 3. The number of hydrogen-bond acceptors (Lipinski definition) is 3. The fraction of sp³-hybridized carbons (Fsp3) is 0.250. The van der Waals surface area contributed by atoms with E-state index in [1.54, 1.807) is 0 Å². The molecule has 5 heteroatoms. The lowest BCUT2D eigenvalue weighted by molar-refractivity contribution is 0.828. The Morgan fingerprint density at radius 2 is 1.76 bits per heavy atom. The van der Waals surface area contributed by atoms with Crippen molar-refractivity contribution in [1.82, 2.24) is 19.9 Å². The van der Waals surface area contributed by atoms with Crippen LogP contribution < -0.4 is 0 Å². The van der Waals surface area contributed by atoms with Crippen molar-refractivity contribution in [3.8, 4) is 0 Å². The molecule has 0 aliphatic carbocycles. The highest BCUT2D eigenvalue weighted by Crippen LogP contribution is 2.32. The van der Waals surface area contributed by atoms with Gasteiger partial charge in [0.15, 0.2) is 0 Å². The maximum absolute atomic E-state index is 4.71. The number of halogens is 1. The van der Waals surface area contributed by atoms with E-state index >= 15 is 0 Å². The van der Waals surface area contributed by atoms with Crippen LogP contribution in [0.2, 0.25) is 0 Å². The second kappa shape index (κ2) is 6.37. The number of H-pyrrole nitrogens is 1. The molecule has 1 N–H and O–H groups in total. The third-order valence-corrected chi connectivity index (χ3v) is 4.96. The van der Waals surface area contributed by atoms with Crippen LogP contribution in [0, 0.1) is 0 Å². The Labute approximate surface area is 160 Å². The average molecular weight is 442 g/mol. The molecule has 0 saturated heterocycles. The van der Waals surface area contributed by atoms with E-state index in [0.29, 0.717) is 0 Å². The smallest absolute Gasteiger partial charge is 0.107 e. The second-order valence-electron chi connectivity index (χ2n) is 6.74. The maximum atomic E-state index is 4.71. The van der Waals surface area contributed by atoms with Crippen molar-refractivity contribution < 1.29 is 0 Å². The number of aryl methyl sites for hydroxylation is 2. The van der Waals surface area contributed by atoms with Crippen molar-refractivity contribution in [3.05, 3.63) is 65.7 Å². The number of alkyl halides is 1. The van der Waals surface area contributed by atoms with Crippen LogP contribution in [-0.2, 0) is 16.3 Å². The Bertz CT molecular complexity index is 1050. The largest absolute Gasteiger partial charge is 0.342 e. The summed E-state index contributed by atoms with van der Waals surface area (Å²) in [6.07, 6.45) is 3.51. The number of aromatic nitrogens is 4. The molecule has 0 radical (unpaired) electrons. The third kappa shape index (κ3) is 3.51. The summed E-state index contributed by atoms with van der Waals surface area (Å²) >= 11 is 2.46. The number of benzene rings is 2. The summed E-state index contributed by atoms with van der Waals surface area (Å²) in [5, 5.41) is 0. The summed E-state index contributed by atoms with van der Waals surface area (Å²) < 4.78 is 0.109. The molecule has 0 unspecified atom stereocenters. The molecular formula is C20H19IN4. The van der Waals surface area contributed by atoms with Crippen LogP contribution in [0.1, 0.15) is 30.9 Å². The van der Waals surface area contributed by atoms with Crippen molar-refractivity contribution in [3.63, 3.8) is 0 Å². The minimum absolute atomic E-state index is 0.109. The number of rotatable bonds is 4. The topological polar surface area (TPSA) is 54.5 Å². The van der Waals surface area contributed by atoms with Gasteiger partial charge in [-0.05, 0) is 50.1 Å². The molecule has 0 spiro atoms. The minimum atomic E-state index is 0.109. The van der Waals surface area contributed by atoms with Gasteiger partial charge in [0, 0.05) is 16.0 Å². The van der Waals surface area contributed by atoms with E-state index in [2.05, 4.69) is 69.6 Å². The van der Waals surface area contributed by atoms with E-state index in [9.17, 15) is 0 Å². The Hall–Kier alpha value is -2.02. The lowest BCUT2D eigenvalue weighted by atomic mass is 10.0. The van der Waals surface area contributed by atoms with E-state index in [0.717, 1.165) is 46.4 Å². The Morgan fingerprint density at radius 1 is 0.960 bits per heavy atom. The zero-order valence-electron chi connectivity index (χ0n) is 14.3. The predicted molar refractivity (Wildman–Crippen MR) is 110 cm³/mol. The lowest BCUT2D eigenvalue weighted by Crippen LogP contribution is -2.05. The number of fused-ring (bicyclic) bond motifs is 2. The van der Waals surface area contributed by atoms with Crippen LogP contribution in [0.4, 0.5) is 0 Å². The first-order chi connectivity index (χ1) is 12.0. The summed E-state index contributed by atoms with van der Waals surface area (Å²) in [4.78, 5) is 17.3. The van der Waals surface area contributed by atoms with Crippen molar-refractivity contribution in [2.45, 2.75) is 30.1 Å². The summed E-state index contributed by atoms with van der Waals surface area (Å²) in [5.41, 5.74) is 6.29. The predicted octanol–water partition coefficient (Wildman–Crippen LogP) is 4.96. The number of aromatic amines is 1. The van der Waals surface area contributed by atoms with Crippen LogP contribution in [0.25, 0.3) is 22.1 Å². The molecule has 4 rings (SSSR count). The molecular weight excluding hydrogens is 423 g/mol. The number of imidazole rings is 1. The number of hydrogen-bond donors (Lipinski definition) is 1. The van der Waals surface area contributed by atoms with Crippen LogP contribution in [-0.4, -0.2) is 19.9 Å². The van der Waals surface area contributed by atoms with Gasteiger partial charge in [-0.2, -0.15) is 0 Å². The average Bonchev–Trinajstić information content (AvgIpc) is 3.01. The highest BCUT2D eigenvalue weighted by atomic mass is 127. The third-order valence-electron chi connectivity index (χ3n) is 4.33. The van der Waals surface area contributed by atoms with Crippen LogP contribution in [0.5, 0.6) is 0 Å². The van der Waals surface area contributed by atoms with Gasteiger partial charge in [0.2, 0.25) is 0 Å². The van der Waals surface area contributed by atoms with E-state index < -0.39 is 0 Å². The molecule has 4 nitrogen and oxygen atoms in total. The molecule has 126 valence electrons. The SMILES string of the molecule is CC(C)(I)c1ccc2nc(CCc3cnc4ccccc4n3)[nH]c2c1. The molecule has 0 atom stereocenters. The molecule has 4 aromatic rings. The molecule has 0 fully saturated rings. The first kappa shape index (κ1) is 16.4. The van der Waals surface area contributed by atoms with Gasteiger partial charge in [-0.3, -0.25) is 4.98 Å². The quantitative estimate of drug-likeness (QED) is 0.359. The highest BCUT2D eigenvalue weighted by Gasteiger charge is 2.16. The van der Waals surface area contributed by atoms with Gasteiger partial charge >= 0.3 is 0 Å². The Balaban J connectivity index is 1.55. The van der Waals surface area contributed by atoms with Gasteiger partial charge in [0.05, 0.1) is 27.8 Å². The highest BCUT2D eigenvalue weighted by molar-refractivity contribution is 14.1. The summed E-state index contributed by atoms with van der Waals surface area (Å²) in [6, 6.07) is 14.4. The van der Waals surface area contributed by atoms with E-state index in [-0.39, 0.29) is 3.42 Å². The first-order valence-corrected chi connectivity index (χ1v) is 9.46. The van der Waals surface area contributed by atoms with E-state index in [1.807, 2.05) is 30.5 Å². The van der Waals surface area contributed by atoms with Gasteiger partial charge in [0.1, 0.15) is 5.82 Å².